The van der Waals surface area contributed by atoms with E-state index in [1.165, 1.54) is 9.80 Å². The van der Waals surface area contributed by atoms with E-state index in [0.29, 0.717) is 24.5 Å². The lowest BCUT2D eigenvalue weighted by atomic mass is 10.1. The predicted molar refractivity (Wildman–Crippen MR) is 105 cm³/mol. The highest BCUT2D eigenvalue weighted by molar-refractivity contribution is 5.88. The van der Waals surface area contributed by atoms with Crippen LogP contribution in [0.2, 0.25) is 0 Å². The van der Waals surface area contributed by atoms with Crippen molar-refractivity contribution in [3.63, 3.8) is 0 Å². The Morgan fingerprint density at radius 3 is 1.31 bits per heavy atom. The zero-order chi connectivity index (χ0) is 19.4. The summed E-state index contributed by atoms with van der Waals surface area (Å²) < 4.78 is 0. The Morgan fingerprint density at radius 1 is 0.692 bits per heavy atom. The molecule has 0 unspecified atom stereocenters. The summed E-state index contributed by atoms with van der Waals surface area (Å²) in [5, 5.41) is 18.9. The molecule has 2 N–H and O–H groups in total. The second-order valence-corrected chi connectivity index (χ2v) is 6.51. The molecule has 2 amide bonds. The van der Waals surface area contributed by atoms with Gasteiger partial charge in [0, 0.05) is 24.5 Å². The van der Waals surface area contributed by atoms with Crippen LogP contribution in [0.4, 0.5) is 21.0 Å². The highest BCUT2D eigenvalue weighted by Gasteiger charge is 2.17. The van der Waals surface area contributed by atoms with Crippen LogP contribution in [0.1, 0.15) is 65.2 Å². The smallest absolute Gasteiger partial charge is 0.411 e. The first-order chi connectivity index (χ1) is 12.5. The van der Waals surface area contributed by atoms with Gasteiger partial charge in [-0.15, -0.1) is 0 Å². The van der Waals surface area contributed by atoms with Gasteiger partial charge in [0.05, 0.1) is 0 Å². The van der Waals surface area contributed by atoms with Gasteiger partial charge in [0.1, 0.15) is 0 Å². The van der Waals surface area contributed by atoms with Crippen LogP contribution in [-0.2, 0) is 0 Å². The quantitative estimate of drug-likeness (QED) is 0.458. The lowest BCUT2D eigenvalue weighted by Crippen LogP contribution is -2.31. The fourth-order valence-electron chi connectivity index (χ4n) is 2.88. The van der Waals surface area contributed by atoms with Crippen molar-refractivity contribution in [2.45, 2.75) is 65.2 Å². The van der Waals surface area contributed by atoms with Crippen LogP contribution in [0, 0.1) is 0 Å². The Labute approximate surface area is 156 Å². The monoisotopic (exact) mass is 364 g/mol. The lowest BCUT2D eigenvalue weighted by molar-refractivity contribution is 0.200. The van der Waals surface area contributed by atoms with Crippen molar-refractivity contribution in [1.82, 2.24) is 0 Å². The molecule has 1 aromatic rings. The number of unbranched alkanes of at least 4 members (excludes halogenated alkanes) is 6. The maximum absolute atomic E-state index is 11.5. The van der Waals surface area contributed by atoms with E-state index in [9.17, 15) is 19.8 Å². The Kier molecular flexibility index (Phi) is 10.2. The average Bonchev–Trinajstić information content (AvgIpc) is 2.61. The molecule has 0 saturated heterocycles. The molecule has 1 aromatic carbocycles. The van der Waals surface area contributed by atoms with E-state index >= 15 is 0 Å². The summed E-state index contributed by atoms with van der Waals surface area (Å²) in [6, 6.07) is 6.74. The van der Waals surface area contributed by atoms with E-state index in [2.05, 4.69) is 13.8 Å². The Morgan fingerprint density at radius 2 is 1.04 bits per heavy atom. The Bertz CT molecular complexity index is 496. The molecule has 0 aliphatic carbocycles. The van der Waals surface area contributed by atoms with Gasteiger partial charge in [0.25, 0.3) is 0 Å². The molecule has 6 nitrogen and oxygen atoms in total. The van der Waals surface area contributed by atoms with Crippen molar-refractivity contribution in [2.24, 2.45) is 0 Å². The molecule has 0 aliphatic rings. The molecule has 0 fully saturated rings. The molecule has 0 heterocycles. The number of carbonyl (C=O) groups is 2. The van der Waals surface area contributed by atoms with Crippen molar-refractivity contribution in [3.05, 3.63) is 24.3 Å². The van der Waals surface area contributed by atoms with E-state index in [1.54, 1.807) is 24.3 Å². The maximum atomic E-state index is 11.5. The number of benzene rings is 1. The second kappa shape index (κ2) is 12.2. The summed E-state index contributed by atoms with van der Waals surface area (Å²) in [5.41, 5.74) is 1.16. The largest absolute Gasteiger partial charge is 0.465 e. The minimum atomic E-state index is -0.982. The van der Waals surface area contributed by atoms with Gasteiger partial charge < -0.3 is 10.2 Å². The number of rotatable bonds is 12. The van der Waals surface area contributed by atoms with Crippen LogP contribution in [0.15, 0.2) is 24.3 Å². The topological polar surface area (TPSA) is 81.1 Å². The van der Waals surface area contributed by atoms with Gasteiger partial charge in [-0.05, 0) is 37.1 Å². The number of hydrogen-bond acceptors (Lipinski definition) is 2. The van der Waals surface area contributed by atoms with E-state index in [0.717, 1.165) is 51.4 Å². The molecule has 0 saturated carbocycles. The van der Waals surface area contributed by atoms with E-state index in [4.69, 9.17) is 0 Å². The van der Waals surface area contributed by atoms with Gasteiger partial charge in [-0.1, -0.05) is 52.4 Å². The van der Waals surface area contributed by atoms with Gasteiger partial charge in [-0.25, -0.2) is 9.59 Å². The molecule has 0 bridgehead atoms. The molecule has 0 aliphatic heterocycles. The molecule has 146 valence electrons. The van der Waals surface area contributed by atoms with Gasteiger partial charge in [-0.3, -0.25) is 9.80 Å². The zero-order valence-corrected chi connectivity index (χ0v) is 16.0. The van der Waals surface area contributed by atoms with Gasteiger partial charge in [0.2, 0.25) is 0 Å². The van der Waals surface area contributed by atoms with Crippen molar-refractivity contribution >= 4 is 23.6 Å². The highest BCUT2D eigenvalue weighted by Crippen LogP contribution is 2.22. The van der Waals surface area contributed by atoms with E-state index in [1.807, 2.05) is 0 Å². The first kappa shape index (κ1) is 21.8. The van der Waals surface area contributed by atoms with Crippen LogP contribution in [0.3, 0.4) is 0 Å². The number of hydrogen-bond donors (Lipinski definition) is 2. The summed E-state index contributed by atoms with van der Waals surface area (Å²) in [6.45, 7) is 5.14. The molecule has 0 spiro atoms. The van der Waals surface area contributed by atoms with E-state index < -0.39 is 12.2 Å². The summed E-state index contributed by atoms with van der Waals surface area (Å²) >= 11 is 0. The molecular weight excluding hydrogens is 332 g/mol. The van der Waals surface area contributed by atoms with Crippen LogP contribution in [0.5, 0.6) is 0 Å². The number of anilines is 2. The zero-order valence-electron chi connectivity index (χ0n) is 16.0. The Hall–Kier alpha value is -2.24. The molecule has 0 aromatic heterocycles. The standard InChI is InChI=1S/C20H32N2O4/c1-3-5-7-9-15-21(19(23)24)17-11-13-18(14-12-17)22(20(25)26)16-10-8-6-4-2/h11-14H,3-10,15-16H2,1-2H3,(H,23,24)(H,25,26). The third-order valence-corrected chi connectivity index (χ3v) is 4.41. The van der Waals surface area contributed by atoms with Crippen molar-refractivity contribution < 1.29 is 19.8 Å². The molecular formula is C20H32N2O4. The fourth-order valence-corrected chi connectivity index (χ4v) is 2.88. The summed E-state index contributed by atoms with van der Waals surface area (Å²) in [5.74, 6) is 0. The van der Waals surface area contributed by atoms with Gasteiger partial charge in [0.15, 0.2) is 0 Å². The third kappa shape index (κ3) is 7.33. The minimum Gasteiger partial charge on any atom is -0.465 e. The Balaban J connectivity index is 2.75. The highest BCUT2D eigenvalue weighted by atomic mass is 16.4. The number of nitrogens with zero attached hydrogens (tertiary/aromatic N) is 2. The van der Waals surface area contributed by atoms with Crippen LogP contribution in [-0.4, -0.2) is 35.5 Å². The number of amides is 2. The first-order valence-electron chi connectivity index (χ1n) is 9.62. The average molecular weight is 364 g/mol. The van der Waals surface area contributed by atoms with Crippen LogP contribution in [0.25, 0.3) is 0 Å². The first-order valence-corrected chi connectivity index (χ1v) is 9.62. The van der Waals surface area contributed by atoms with E-state index in [-0.39, 0.29) is 0 Å². The van der Waals surface area contributed by atoms with Gasteiger partial charge >= 0.3 is 12.2 Å². The normalized spacial score (nSPS) is 10.5. The molecule has 26 heavy (non-hydrogen) atoms. The third-order valence-electron chi connectivity index (χ3n) is 4.41. The van der Waals surface area contributed by atoms with Gasteiger partial charge in [-0.2, -0.15) is 0 Å². The lowest BCUT2D eigenvalue weighted by Gasteiger charge is -2.22. The van der Waals surface area contributed by atoms with Crippen LogP contribution < -0.4 is 9.80 Å². The molecule has 0 atom stereocenters. The minimum absolute atomic E-state index is 0.453. The van der Waals surface area contributed by atoms with Crippen molar-refractivity contribution in [1.29, 1.82) is 0 Å². The maximum Gasteiger partial charge on any atom is 0.411 e. The fraction of sp³-hybridized carbons (Fsp3) is 0.600. The second-order valence-electron chi connectivity index (χ2n) is 6.51. The SMILES string of the molecule is CCCCCCN(C(=O)O)c1ccc(N(CCCCCC)C(=O)O)cc1. The van der Waals surface area contributed by atoms with Crippen molar-refractivity contribution in [3.8, 4) is 0 Å². The molecule has 1 rings (SSSR count). The van der Waals surface area contributed by atoms with Crippen molar-refractivity contribution in [2.75, 3.05) is 22.9 Å². The molecule has 6 heteroatoms. The summed E-state index contributed by atoms with van der Waals surface area (Å²) in [4.78, 5) is 25.7. The number of carboxylic acid groups (broad SMARTS) is 2. The molecule has 0 radical (unpaired) electrons. The summed E-state index contributed by atoms with van der Waals surface area (Å²) in [6.07, 6.45) is 6.08. The van der Waals surface area contributed by atoms with Crippen LogP contribution >= 0.6 is 0 Å². The summed E-state index contributed by atoms with van der Waals surface area (Å²) in [7, 11) is 0. The predicted octanol–water partition coefficient (Wildman–Crippen LogP) is 5.82.